The standard InChI is InChI=1S/C33H45N3O5/c1-3-19-39-33(38)34-20-25-8-14-28(15-9-25)32-40-30(22-36-18-6-7-29(36)21-35-16-4-5-17-35)24(2)31(41-32)27-12-10-26(23-37)11-13-27/h3,8-15,24,29-32,37H,1,4-7,16-23H2,2H3,(H,34,38)/t24-,29-,30+,31+,32+/m0/s1. The Labute approximate surface area is 244 Å². The van der Waals surface area contributed by atoms with E-state index in [0.29, 0.717) is 12.6 Å². The van der Waals surface area contributed by atoms with Crippen LogP contribution in [0.3, 0.4) is 0 Å². The molecule has 0 aromatic heterocycles. The highest BCUT2D eigenvalue weighted by atomic mass is 16.7. The number of carbonyl (C=O) groups excluding carboxylic acids is 1. The minimum absolute atomic E-state index is 0.0106. The highest BCUT2D eigenvalue weighted by molar-refractivity contribution is 5.67. The number of ether oxygens (including phenoxy) is 3. The zero-order chi connectivity index (χ0) is 28.6. The lowest BCUT2D eigenvalue weighted by Crippen LogP contribution is -2.48. The van der Waals surface area contributed by atoms with Gasteiger partial charge in [0.2, 0.25) is 0 Å². The second kappa shape index (κ2) is 14.4. The van der Waals surface area contributed by atoms with Crippen LogP contribution in [-0.2, 0) is 27.4 Å². The molecule has 8 nitrogen and oxygen atoms in total. The van der Waals surface area contributed by atoms with Crippen LogP contribution in [0.4, 0.5) is 4.79 Å². The predicted octanol–water partition coefficient (Wildman–Crippen LogP) is 4.94. The van der Waals surface area contributed by atoms with Gasteiger partial charge in [0.25, 0.3) is 0 Å². The molecule has 5 rings (SSSR count). The highest BCUT2D eigenvalue weighted by Gasteiger charge is 2.40. The number of hydrogen-bond acceptors (Lipinski definition) is 7. The van der Waals surface area contributed by atoms with Gasteiger partial charge in [-0.2, -0.15) is 0 Å². The molecule has 3 fully saturated rings. The fraction of sp³-hybridized carbons (Fsp3) is 0.545. The number of rotatable bonds is 11. The molecular weight excluding hydrogens is 518 g/mol. The second-order valence-corrected chi connectivity index (χ2v) is 11.6. The van der Waals surface area contributed by atoms with Crippen LogP contribution in [0.15, 0.2) is 61.2 Å². The monoisotopic (exact) mass is 563 g/mol. The lowest BCUT2D eigenvalue weighted by Gasteiger charge is -2.43. The van der Waals surface area contributed by atoms with Crippen molar-refractivity contribution in [3.05, 3.63) is 83.4 Å². The molecule has 0 aliphatic carbocycles. The molecule has 2 aromatic carbocycles. The summed E-state index contributed by atoms with van der Waals surface area (Å²) in [4.78, 5) is 17.1. The Kier molecular flexibility index (Phi) is 10.5. The molecule has 3 saturated heterocycles. The van der Waals surface area contributed by atoms with E-state index in [-0.39, 0.29) is 31.3 Å². The number of nitrogens with zero attached hydrogens (tertiary/aromatic N) is 2. The molecule has 0 unspecified atom stereocenters. The normalized spacial score (nSPS) is 27.1. The van der Waals surface area contributed by atoms with Gasteiger partial charge < -0.3 is 29.5 Å². The Morgan fingerprint density at radius 2 is 1.71 bits per heavy atom. The summed E-state index contributed by atoms with van der Waals surface area (Å²) in [5.74, 6) is 0.157. The Hall–Kier alpha value is -2.75. The van der Waals surface area contributed by atoms with E-state index in [1.165, 1.54) is 38.8 Å². The van der Waals surface area contributed by atoms with Crippen LogP contribution < -0.4 is 5.32 Å². The molecule has 8 heteroatoms. The summed E-state index contributed by atoms with van der Waals surface area (Å²) in [5, 5.41) is 12.3. The average Bonchev–Trinajstić information content (AvgIpc) is 3.69. The first-order chi connectivity index (χ1) is 20.0. The zero-order valence-corrected chi connectivity index (χ0v) is 24.2. The van der Waals surface area contributed by atoms with Crippen LogP contribution in [0, 0.1) is 5.92 Å². The number of likely N-dealkylation sites (tertiary alicyclic amines) is 2. The van der Waals surface area contributed by atoms with Crippen molar-refractivity contribution in [2.45, 2.75) is 70.3 Å². The Morgan fingerprint density at radius 1 is 1.00 bits per heavy atom. The molecule has 3 heterocycles. The maximum atomic E-state index is 11.8. The van der Waals surface area contributed by atoms with Crippen molar-refractivity contribution in [3.8, 4) is 0 Å². The predicted molar refractivity (Wildman–Crippen MR) is 158 cm³/mol. The third-order valence-electron chi connectivity index (χ3n) is 8.73. The van der Waals surface area contributed by atoms with Crippen molar-refractivity contribution in [2.24, 2.45) is 5.92 Å². The maximum absolute atomic E-state index is 11.8. The SMILES string of the molecule is C=CCOC(=O)NCc1ccc([C@@H]2O[C@H](CN3CCC[C@H]3CN3CCCC3)[C@H](C)[C@H](c3ccc(CO)cc3)O2)cc1. The number of nitrogens with one attached hydrogen (secondary N) is 1. The van der Waals surface area contributed by atoms with Crippen LogP contribution in [0.5, 0.6) is 0 Å². The van der Waals surface area contributed by atoms with Gasteiger partial charge in [0.15, 0.2) is 6.29 Å². The number of hydrogen-bond donors (Lipinski definition) is 2. The van der Waals surface area contributed by atoms with Crippen LogP contribution in [0.25, 0.3) is 0 Å². The molecular formula is C33H45N3O5. The number of amides is 1. The largest absolute Gasteiger partial charge is 0.445 e. The minimum Gasteiger partial charge on any atom is -0.445 e. The molecule has 2 N–H and O–H groups in total. The van der Waals surface area contributed by atoms with Gasteiger partial charge in [-0.1, -0.05) is 68.1 Å². The van der Waals surface area contributed by atoms with Crippen molar-refractivity contribution in [1.29, 1.82) is 0 Å². The zero-order valence-electron chi connectivity index (χ0n) is 24.2. The molecule has 5 atom stereocenters. The van der Waals surface area contributed by atoms with Crippen LogP contribution in [0.1, 0.15) is 67.3 Å². The Morgan fingerprint density at radius 3 is 2.41 bits per heavy atom. The molecule has 1 amide bonds. The molecule has 0 spiro atoms. The summed E-state index contributed by atoms with van der Waals surface area (Å²) in [6, 6.07) is 16.7. The second-order valence-electron chi connectivity index (χ2n) is 11.6. The summed E-state index contributed by atoms with van der Waals surface area (Å²) in [5.41, 5.74) is 3.90. The summed E-state index contributed by atoms with van der Waals surface area (Å²) in [7, 11) is 0. The first kappa shape index (κ1) is 29.7. The Balaban J connectivity index is 1.30. The minimum atomic E-state index is -0.502. The maximum Gasteiger partial charge on any atom is 0.407 e. The van der Waals surface area contributed by atoms with Gasteiger partial charge in [0.05, 0.1) is 18.8 Å². The van der Waals surface area contributed by atoms with Gasteiger partial charge in [-0.05, 0) is 62.0 Å². The fourth-order valence-corrected chi connectivity index (χ4v) is 6.32. The topological polar surface area (TPSA) is 83.5 Å². The fourth-order valence-electron chi connectivity index (χ4n) is 6.32. The van der Waals surface area contributed by atoms with Crippen molar-refractivity contribution >= 4 is 6.09 Å². The molecule has 2 aromatic rings. The quantitative estimate of drug-likeness (QED) is 0.375. The van der Waals surface area contributed by atoms with Gasteiger partial charge in [0.1, 0.15) is 6.61 Å². The van der Waals surface area contributed by atoms with E-state index in [0.717, 1.165) is 41.9 Å². The van der Waals surface area contributed by atoms with E-state index < -0.39 is 12.4 Å². The van der Waals surface area contributed by atoms with Crippen LogP contribution in [-0.4, -0.2) is 72.5 Å². The van der Waals surface area contributed by atoms with Crippen LogP contribution in [0.2, 0.25) is 0 Å². The number of alkyl carbamates (subject to hydrolysis) is 1. The molecule has 3 aliphatic rings. The lowest BCUT2D eigenvalue weighted by atomic mass is 9.90. The van der Waals surface area contributed by atoms with E-state index in [1.807, 2.05) is 36.4 Å². The van der Waals surface area contributed by atoms with E-state index >= 15 is 0 Å². The van der Waals surface area contributed by atoms with Crippen LogP contribution >= 0.6 is 0 Å². The number of benzene rings is 2. The van der Waals surface area contributed by atoms with E-state index in [4.69, 9.17) is 14.2 Å². The summed E-state index contributed by atoms with van der Waals surface area (Å²) < 4.78 is 18.4. The summed E-state index contributed by atoms with van der Waals surface area (Å²) in [6.45, 7) is 12.0. The average molecular weight is 564 g/mol. The van der Waals surface area contributed by atoms with E-state index in [2.05, 4.69) is 40.8 Å². The molecule has 0 radical (unpaired) electrons. The number of carbonyl (C=O) groups is 1. The van der Waals surface area contributed by atoms with Gasteiger partial charge >= 0.3 is 6.09 Å². The summed E-state index contributed by atoms with van der Waals surface area (Å²) >= 11 is 0. The molecule has 41 heavy (non-hydrogen) atoms. The van der Waals surface area contributed by atoms with Crippen molar-refractivity contribution in [1.82, 2.24) is 15.1 Å². The third-order valence-corrected chi connectivity index (χ3v) is 8.73. The molecule has 222 valence electrons. The highest BCUT2D eigenvalue weighted by Crippen LogP contribution is 2.42. The van der Waals surface area contributed by atoms with Gasteiger partial charge in [-0.15, -0.1) is 0 Å². The van der Waals surface area contributed by atoms with Gasteiger partial charge in [0, 0.05) is 37.2 Å². The number of aliphatic hydroxyl groups is 1. The first-order valence-electron chi connectivity index (χ1n) is 15.1. The summed E-state index contributed by atoms with van der Waals surface area (Å²) in [6.07, 6.45) is 5.57. The molecule has 0 bridgehead atoms. The van der Waals surface area contributed by atoms with E-state index in [9.17, 15) is 9.90 Å². The van der Waals surface area contributed by atoms with E-state index in [1.54, 1.807) is 6.08 Å². The van der Waals surface area contributed by atoms with Crippen molar-refractivity contribution in [2.75, 3.05) is 39.3 Å². The van der Waals surface area contributed by atoms with Crippen molar-refractivity contribution < 1.29 is 24.1 Å². The number of aliphatic hydroxyl groups excluding tert-OH is 1. The van der Waals surface area contributed by atoms with Crippen molar-refractivity contribution in [3.63, 3.8) is 0 Å². The third kappa shape index (κ3) is 7.76. The smallest absolute Gasteiger partial charge is 0.407 e. The first-order valence-corrected chi connectivity index (χ1v) is 15.1. The Bertz CT molecular complexity index is 1120. The molecule has 0 saturated carbocycles. The lowest BCUT2D eigenvalue weighted by molar-refractivity contribution is -0.276. The van der Waals surface area contributed by atoms with Gasteiger partial charge in [-0.3, -0.25) is 4.90 Å². The van der Waals surface area contributed by atoms with Gasteiger partial charge in [-0.25, -0.2) is 4.79 Å². The molecule has 3 aliphatic heterocycles.